The molecule has 4 nitrogen and oxygen atoms in total. The van der Waals surface area contributed by atoms with Crippen molar-refractivity contribution in [1.29, 1.82) is 5.26 Å². The Morgan fingerprint density at radius 3 is 2.35 bits per heavy atom. The van der Waals surface area contributed by atoms with Crippen LogP contribution in [0.3, 0.4) is 0 Å². The van der Waals surface area contributed by atoms with Gasteiger partial charge in [-0.1, -0.05) is 23.2 Å². The molecule has 0 aliphatic heterocycles. The third kappa shape index (κ3) is 3.04. The Kier molecular flexibility index (Phi) is 4.20. The molecule has 9 heteroatoms. The standard InChI is InChI=1S/C11H5Cl2FN2O2S2/c12-8-3-6(14)4-9(13)11(8)16-20(17,18)10-2-1-7(5-15)19-10/h1-4,16H. The lowest BCUT2D eigenvalue weighted by Gasteiger charge is -2.10. The highest BCUT2D eigenvalue weighted by molar-refractivity contribution is 7.94. The molecule has 0 spiro atoms. The predicted molar refractivity (Wildman–Crippen MR) is 76.3 cm³/mol. The van der Waals surface area contributed by atoms with Crippen LogP contribution in [0.15, 0.2) is 28.5 Å². The summed E-state index contributed by atoms with van der Waals surface area (Å²) in [6.07, 6.45) is 0. The topological polar surface area (TPSA) is 70.0 Å². The molecule has 0 amide bonds. The van der Waals surface area contributed by atoms with E-state index in [4.69, 9.17) is 28.5 Å². The van der Waals surface area contributed by atoms with Crippen molar-refractivity contribution in [2.75, 3.05) is 4.72 Å². The summed E-state index contributed by atoms with van der Waals surface area (Å²) in [5, 5.41) is 8.37. The highest BCUT2D eigenvalue weighted by Crippen LogP contribution is 2.34. The predicted octanol–water partition coefficient (Wildman–Crippen LogP) is 3.87. The number of rotatable bonds is 3. The third-order valence-electron chi connectivity index (χ3n) is 2.20. The quantitative estimate of drug-likeness (QED) is 0.913. The van der Waals surface area contributed by atoms with Crippen LogP contribution in [-0.4, -0.2) is 8.42 Å². The molecule has 104 valence electrons. The highest BCUT2D eigenvalue weighted by atomic mass is 35.5. The zero-order valence-electron chi connectivity index (χ0n) is 9.52. The Morgan fingerprint density at radius 2 is 1.85 bits per heavy atom. The largest absolute Gasteiger partial charge is 0.276 e. The minimum Gasteiger partial charge on any atom is -0.276 e. The van der Waals surface area contributed by atoms with Gasteiger partial charge in [-0.05, 0) is 24.3 Å². The summed E-state index contributed by atoms with van der Waals surface area (Å²) in [5.41, 5.74) is -0.110. The second-order valence-electron chi connectivity index (χ2n) is 3.58. The summed E-state index contributed by atoms with van der Waals surface area (Å²) >= 11 is 12.3. The molecule has 0 radical (unpaired) electrons. The van der Waals surface area contributed by atoms with Gasteiger partial charge in [-0.3, -0.25) is 4.72 Å². The molecule has 0 fully saturated rings. The molecule has 1 aromatic carbocycles. The Morgan fingerprint density at radius 1 is 1.25 bits per heavy atom. The van der Waals surface area contributed by atoms with Crippen LogP contribution >= 0.6 is 34.5 Å². The molecule has 2 aromatic rings. The molecule has 1 heterocycles. The molecule has 0 unspecified atom stereocenters. The maximum atomic E-state index is 13.0. The summed E-state index contributed by atoms with van der Waals surface area (Å²) in [5.74, 6) is -0.675. The summed E-state index contributed by atoms with van der Waals surface area (Å²) in [7, 11) is -3.93. The molecule has 0 aliphatic carbocycles. The molecular formula is C11H5Cl2FN2O2S2. The Labute approximate surface area is 128 Å². The zero-order chi connectivity index (χ0) is 14.9. The first-order valence-corrected chi connectivity index (χ1v) is 8.06. The van der Waals surface area contributed by atoms with Crippen LogP contribution in [0.25, 0.3) is 0 Å². The van der Waals surface area contributed by atoms with Crippen LogP contribution in [0.2, 0.25) is 10.0 Å². The van der Waals surface area contributed by atoms with E-state index in [1.54, 1.807) is 0 Å². The molecule has 1 aromatic heterocycles. The zero-order valence-corrected chi connectivity index (χ0v) is 12.7. The number of hydrogen-bond donors (Lipinski definition) is 1. The molecule has 1 N–H and O–H groups in total. The average Bonchev–Trinajstić information content (AvgIpc) is 2.83. The molecule has 0 aliphatic rings. The number of halogens is 3. The minimum absolute atomic E-state index is 0.0643. The fourth-order valence-electron chi connectivity index (χ4n) is 1.35. The van der Waals surface area contributed by atoms with Crippen molar-refractivity contribution in [3.05, 3.63) is 45.0 Å². The third-order valence-corrected chi connectivity index (χ3v) is 5.63. The van der Waals surface area contributed by atoms with E-state index < -0.39 is 15.8 Å². The van der Waals surface area contributed by atoms with Gasteiger partial charge in [0, 0.05) is 0 Å². The van der Waals surface area contributed by atoms with Gasteiger partial charge in [-0.15, -0.1) is 11.3 Å². The van der Waals surface area contributed by atoms with E-state index in [0.717, 1.165) is 23.5 Å². The minimum atomic E-state index is -3.93. The molecule has 0 atom stereocenters. The number of hydrogen-bond acceptors (Lipinski definition) is 4. The lowest BCUT2D eigenvalue weighted by molar-refractivity contribution is 0.603. The lowest BCUT2D eigenvalue weighted by atomic mass is 10.3. The highest BCUT2D eigenvalue weighted by Gasteiger charge is 2.20. The first kappa shape index (κ1) is 15.1. The number of anilines is 1. The number of nitrogens with zero attached hydrogens (tertiary/aromatic N) is 1. The van der Waals surface area contributed by atoms with Crippen LogP contribution in [0.4, 0.5) is 10.1 Å². The van der Waals surface area contributed by atoms with Gasteiger partial charge in [0.15, 0.2) is 0 Å². The Balaban J connectivity index is 2.41. The normalized spacial score (nSPS) is 11.1. The van der Waals surface area contributed by atoms with Gasteiger partial charge in [0.05, 0.1) is 15.7 Å². The fraction of sp³-hybridized carbons (Fsp3) is 0. The first-order chi connectivity index (χ1) is 9.33. The van der Waals surface area contributed by atoms with Crippen molar-refractivity contribution in [2.45, 2.75) is 4.21 Å². The van der Waals surface area contributed by atoms with E-state index in [0.29, 0.717) is 0 Å². The van der Waals surface area contributed by atoms with Gasteiger partial charge in [0.25, 0.3) is 10.0 Å². The van der Waals surface area contributed by atoms with Crippen molar-refractivity contribution >= 4 is 50.2 Å². The van der Waals surface area contributed by atoms with Crippen LogP contribution in [0, 0.1) is 17.1 Å². The first-order valence-electron chi connectivity index (χ1n) is 5.01. The molecular weight excluding hydrogens is 346 g/mol. The van der Waals surface area contributed by atoms with E-state index in [9.17, 15) is 12.8 Å². The van der Waals surface area contributed by atoms with Crippen molar-refractivity contribution in [1.82, 2.24) is 0 Å². The number of thiophene rings is 1. The fourth-order valence-corrected chi connectivity index (χ4v) is 4.22. The van der Waals surface area contributed by atoms with Crippen LogP contribution in [-0.2, 0) is 10.0 Å². The van der Waals surface area contributed by atoms with E-state index in [1.165, 1.54) is 12.1 Å². The Bertz CT molecular complexity index is 789. The van der Waals surface area contributed by atoms with Gasteiger partial charge < -0.3 is 0 Å². The number of sulfonamides is 1. The van der Waals surface area contributed by atoms with Crippen molar-refractivity contribution in [2.24, 2.45) is 0 Å². The smallest absolute Gasteiger partial charge is 0.271 e. The number of benzene rings is 1. The van der Waals surface area contributed by atoms with Crippen molar-refractivity contribution in [3.63, 3.8) is 0 Å². The number of nitrogens with one attached hydrogen (secondary N) is 1. The SMILES string of the molecule is N#Cc1ccc(S(=O)(=O)Nc2c(Cl)cc(F)cc2Cl)s1. The van der Waals surface area contributed by atoms with Crippen molar-refractivity contribution < 1.29 is 12.8 Å². The number of nitriles is 1. The van der Waals surface area contributed by atoms with E-state index in [1.807, 2.05) is 6.07 Å². The molecule has 20 heavy (non-hydrogen) atoms. The second-order valence-corrected chi connectivity index (χ2v) is 7.39. The molecule has 0 saturated carbocycles. The second kappa shape index (κ2) is 5.58. The monoisotopic (exact) mass is 350 g/mol. The van der Waals surface area contributed by atoms with Gasteiger partial charge in [0.2, 0.25) is 0 Å². The van der Waals surface area contributed by atoms with Crippen molar-refractivity contribution in [3.8, 4) is 6.07 Å². The van der Waals surface area contributed by atoms with E-state index in [-0.39, 0.29) is 24.8 Å². The van der Waals surface area contributed by atoms with Gasteiger partial charge >= 0.3 is 0 Å². The lowest BCUT2D eigenvalue weighted by Crippen LogP contribution is -2.12. The van der Waals surface area contributed by atoms with Crippen LogP contribution < -0.4 is 4.72 Å². The van der Waals surface area contributed by atoms with Crippen LogP contribution in [0.5, 0.6) is 0 Å². The Hall–Kier alpha value is -1.33. The summed E-state index contributed by atoms with van der Waals surface area (Å²) in [6.45, 7) is 0. The molecule has 2 rings (SSSR count). The van der Waals surface area contributed by atoms with E-state index >= 15 is 0 Å². The molecule has 0 bridgehead atoms. The summed E-state index contributed by atoms with van der Waals surface area (Å²) in [6, 6.07) is 6.40. The summed E-state index contributed by atoms with van der Waals surface area (Å²) in [4.78, 5) is 0.252. The van der Waals surface area contributed by atoms with Crippen LogP contribution in [0.1, 0.15) is 4.88 Å². The van der Waals surface area contributed by atoms with Gasteiger partial charge in [0.1, 0.15) is 21.0 Å². The maximum Gasteiger partial charge on any atom is 0.271 e. The van der Waals surface area contributed by atoms with Gasteiger partial charge in [-0.2, -0.15) is 5.26 Å². The van der Waals surface area contributed by atoms with E-state index in [2.05, 4.69) is 4.72 Å². The van der Waals surface area contributed by atoms with Gasteiger partial charge in [-0.25, -0.2) is 12.8 Å². The average molecular weight is 351 g/mol. The molecule has 0 saturated heterocycles. The maximum absolute atomic E-state index is 13.0. The summed E-state index contributed by atoms with van der Waals surface area (Å²) < 4.78 is 39.3.